The van der Waals surface area contributed by atoms with Crippen LogP contribution in [0, 0.1) is 20.8 Å². The van der Waals surface area contributed by atoms with E-state index in [4.69, 9.17) is 0 Å². The Balaban J connectivity index is 1.38. The number of hydrogen-bond acceptors (Lipinski definition) is 8. The highest BCUT2D eigenvalue weighted by atomic mass is 32.1. The first-order chi connectivity index (χ1) is 13.5. The second-order valence-corrected chi connectivity index (χ2v) is 8.63. The Bertz CT molecular complexity index is 1030. The minimum atomic E-state index is 0.00397. The van der Waals surface area contributed by atoms with Gasteiger partial charge in [0.1, 0.15) is 11.6 Å². The van der Waals surface area contributed by atoms with Gasteiger partial charge in [0.25, 0.3) is 0 Å². The van der Waals surface area contributed by atoms with Gasteiger partial charge < -0.3 is 10.2 Å². The Hall–Kier alpha value is -2.65. The maximum absolute atomic E-state index is 12.3. The van der Waals surface area contributed by atoms with Crippen LogP contribution < -0.4 is 5.32 Å². The highest BCUT2D eigenvalue weighted by molar-refractivity contribution is 7.13. The molecule has 1 aliphatic rings. The molecule has 0 radical (unpaired) electrons. The third-order valence-electron chi connectivity index (χ3n) is 4.36. The fourth-order valence-electron chi connectivity index (χ4n) is 2.95. The van der Waals surface area contributed by atoms with Crippen molar-refractivity contribution in [3.05, 3.63) is 50.8 Å². The second-order valence-electron chi connectivity index (χ2n) is 6.71. The number of nitrogens with zero attached hydrogens (tertiary/aromatic N) is 5. The van der Waals surface area contributed by atoms with Crippen molar-refractivity contribution in [3.63, 3.8) is 0 Å². The highest BCUT2D eigenvalue weighted by Gasteiger charge is 2.32. The predicted molar refractivity (Wildman–Crippen MR) is 112 cm³/mol. The molecule has 0 bridgehead atoms. The molecule has 0 unspecified atom stereocenters. The van der Waals surface area contributed by atoms with Crippen LogP contribution in [0.5, 0.6) is 0 Å². The van der Waals surface area contributed by atoms with Crippen LogP contribution in [-0.2, 0) is 4.79 Å². The van der Waals surface area contributed by atoms with Crippen LogP contribution in [0.25, 0.3) is 6.08 Å². The second kappa shape index (κ2) is 7.76. The average Bonchev–Trinajstić information content (AvgIpc) is 3.19. The van der Waals surface area contributed by atoms with Gasteiger partial charge in [0.05, 0.1) is 22.1 Å². The Labute approximate surface area is 171 Å². The molecule has 0 aliphatic carbocycles. The fraction of sp³-hybridized carbons (Fsp3) is 0.316. The van der Waals surface area contributed by atoms with Gasteiger partial charge in [-0.1, -0.05) is 0 Å². The van der Waals surface area contributed by atoms with Gasteiger partial charge in [0, 0.05) is 41.9 Å². The summed E-state index contributed by atoms with van der Waals surface area (Å²) in [5.41, 5.74) is 2.76. The van der Waals surface area contributed by atoms with Crippen molar-refractivity contribution in [2.45, 2.75) is 26.7 Å². The Kier molecular flexibility index (Phi) is 5.19. The van der Waals surface area contributed by atoms with Crippen molar-refractivity contribution >= 4 is 45.6 Å². The zero-order valence-electron chi connectivity index (χ0n) is 15.8. The molecule has 28 heavy (non-hydrogen) atoms. The number of carbonyl (C=O) groups excluding carboxylic acids is 1. The third kappa shape index (κ3) is 4.26. The topological polar surface area (TPSA) is 83.9 Å². The van der Waals surface area contributed by atoms with E-state index in [1.165, 1.54) is 0 Å². The first-order valence-corrected chi connectivity index (χ1v) is 10.7. The van der Waals surface area contributed by atoms with Gasteiger partial charge in [0.15, 0.2) is 5.13 Å². The molecule has 0 atom stereocenters. The van der Waals surface area contributed by atoms with Crippen LogP contribution in [0.4, 0.5) is 10.9 Å². The van der Waals surface area contributed by atoms with Crippen molar-refractivity contribution in [2.24, 2.45) is 0 Å². The summed E-state index contributed by atoms with van der Waals surface area (Å²) in [6, 6.07) is 1.95. The van der Waals surface area contributed by atoms with Gasteiger partial charge in [-0.15, -0.1) is 22.7 Å². The normalized spacial score (nSPS) is 14.5. The lowest BCUT2D eigenvalue weighted by atomic mass is 9.95. The SMILES string of the molecule is Cc1csc(Nc2cc(C3CN(C(=O)/C=C/c4csc(C)n4)C3)nc(C)n2)n1. The Morgan fingerprint density at radius 1 is 1.14 bits per heavy atom. The van der Waals surface area contributed by atoms with Gasteiger partial charge >= 0.3 is 0 Å². The molecule has 3 aromatic heterocycles. The summed E-state index contributed by atoms with van der Waals surface area (Å²) >= 11 is 3.12. The van der Waals surface area contributed by atoms with Crippen molar-refractivity contribution in [1.82, 2.24) is 24.8 Å². The molecule has 9 heteroatoms. The summed E-state index contributed by atoms with van der Waals surface area (Å²) in [5, 5.41) is 8.99. The monoisotopic (exact) mass is 412 g/mol. The number of carbonyl (C=O) groups is 1. The number of likely N-dealkylation sites (tertiary alicyclic amines) is 1. The number of anilines is 2. The first-order valence-electron chi connectivity index (χ1n) is 8.90. The summed E-state index contributed by atoms with van der Waals surface area (Å²) in [6.45, 7) is 7.10. The molecule has 1 aliphatic heterocycles. The van der Waals surface area contributed by atoms with Gasteiger partial charge in [-0.25, -0.2) is 19.9 Å². The molecule has 144 valence electrons. The Morgan fingerprint density at radius 3 is 2.64 bits per heavy atom. The Morgan fingerprint density at radius 2 is 1.96 bits per heavy atom. The molecule has 1 fully saturated rings. The average molecular weight is 413 g/mol. The molecule has 1 amide bonds. The van der Waals surface area contributed by atoms with E-state index in [0.29, 0.717) is 18.9 Å². The highest BCUT2D eigenvalue weighted by Crippen LogP contribution is 2.28. The van der Waals surface area contributed by atoms with Gasteiger partial charge in [-0.05, 0) is 26.8 Å². The van der Waals surface area contributed by atoms with Gasteiger partial charge in [-0.2, -0.15) is 0 Å². The van der Waals surface area contributed by atoms with E-state index < -0.39 is 0 Å². The summed E-state index contributed by atoms with van der Waals surface area (Å²) in [6.07, 6.45) is 3.36. The lowest BCUT2D eigenvalue weighted by molar-refractivity contribution is -0.130. The minimum Gasteiger partial charge on any atom is -0.338 e. The summed E-state index contributed by atoms with van der Waals surface area (Å²) in [5.74, 6) is 1.67. The number of nitrogens with one attached hydrogen (secondary N) is 1. The van der Waals surface area contributed by atoms with Crippen LogP contribution in [0.2, 0.25) is 0 Å². The van der Waals surface area contributed by atoms with Crippen LogP contribution in [-0.4, -0.2) is 43.8 Å². The first kappa shape index (κ1) is 18.7. The number of aromatic nitrogens is 4. The van der Waals surface area contributed by atoms with Crippen molar-refractivity contribution in [1.29, 1.82) is 0 Å². The standard InChI is InChI=1S/C19H20N6OS2/c1-11-9-28-19(20-11)24-17-6-16(21-12(2)22-17)14-7-25(8-14)18(26)5-4-15-10-27-13(3)23-15/h4-6,9-10,14H,7-8H2,1-3H3,(H,20,21,22,24)/b5-4+. The predicted octanol–water partition coefficient (Wildman–Crippen LogP) is 3.70. The molecule has 0 spiro atoms. The maximum Gasteiger partial charge on any atom is 0.246 e. The molecule has 4 heterocycles. The summed E-state index contributed by atoms with van der Waals surface area (Å²) in [4.78, 5) is 31.9. The zero-order chi connectivity index (χ0) is 19.7. The number of thiazole rings is 2. The summed E-state index contributed by atoms with van der Waals surface area (Å²) < 4.78 is 0. The van der Waals surface area contributed by atoms with E-state index in [1.807, 2.05) is 42.5 Å². The zero-order valence-corrected chi connectivity index (χ0v) is 17.5. The van der Waals surface area contributed by atoms with E-state index >= 15 is 0 Å². The fourth-order valence-corrected chi connectivity index (χ4v) is 4.23. The minimum absolute atomic E-state index is 0.00397. The van der Waals surface area contributed by atoms with Crippen LogP contribution in [0.1, 0.15) is 33.8 Å². The van der Waals surface area contributed by atoms with Crippen LogP contribution in [0.15, 0.2) is 22.9 Å². The van der Waals surface area contributed by atoms with Crippen molar-refractivity contribution < 1.29 is 4.79 Å². The van der Waals surface area contributed by atoms with E-state index in [2.05, 4.69) is 25.3 Å². The van der Waals surface area contributed by atoms with E-state index in [1.54, 1.807) is 34.8 Å². The van der Waals surface area contributed by atoms with Gasteiger partial charge in [-0.3, -0.25) is 4.79 Å². The molecule has 7 nitrogen and oxygen atoms in total. The number of hydrogen-bond donors (Lipinski definition) is 1. The molecule has 0 aromatic carbocycles. The van der Waals surface area contributed by atoms with Crippen molar-refractivity contribution in [2.75, 3.05) is 18.4 Å². The smallest absolute Gasteiger partial charge is 0.246 e. The summed E-state index contributed by atoms with van der Waals surface area (Å²) in [7, 11) is 0. The van der Waals surface area contributed by atoms with E-state index in [9.17, 15) is 4.79 Å². The van der Waals surface area contributed by atoms with E-state index in [-0.39, 0.29) is 11.8 Å². The molecule has 1 saturated heterocycles. The lowest BCUT2D eigenvalue weighted by Crippen LogP contribution is -2.48. The lowest BCUT2D eigenvalue weighted by Gasteiger charge is -2.38. The van der Waals surface area contributed by atoms with Crippen LogP contribution >= 0.6 is 22.7 Å². The molecular formula is C19H20N6OS2. The number of aryl methyl sites for hydroxylation is 3. The number of amides is 1. The number of rotatable bonds is 5. The van der Waals surface area contributed by atoms with Crippen LogP contribution in [0.3, 0.4) is 0 Å². The molecular weight excluding hydrogens is 392 g/mol. The maximum atomic E-state index is 12.3. The molecule has 3 aromatic rings. The third-order valence-corrected chi connectivity index (χ3v) is 6.02. The van der Waals surface area contributed by atoms with E-state index in [0.717, 1.165) is 33.0 Å². The largest absolute Gasteiger partial charge is 0.338 e. The van der Waals surface area contributed by atoms with Gasteiger partial charge in [0.2, 0.25) is 5.91 Å². The van der Waals surface area contributed by atoms with Crippen molar-refractivity contribution in [3.8, 4) is 0 Å². The quantitative estimate of drug-likeness (QED) is 0.644. The molecule has 0 saturated carbocycles. The molecule has 4 rings (SSSR count). The molecule has 1 N–H and O–H groups in total.